The zero-order chi connectivity index (χ0) is 11.5. The molecule has 0 saturated heterocycles. The normalized spacial score (nSPS) is 13.4. The highest BCUT2D eigenvalue weighted by atomic mass is 32.2. The molecule has 1 heterocycles. The number of aromatic nitrogens is 1. The first-order valence-corrected chi connectivity index (χ1v) is 6.27. The average Bonchev–Trinajstić information content (AvgIpc) is 2.14. The van der Waals surface area contributed by atoms with Gasteiger partial charge >= 0.3 is 5.97 Å². The fourth-order valence-electron chi connectivity index (χ4n) is 1.17. The highest BCUT2D eigenvalue weighted by Gasteiger charge is 2.25. The van der Waals surface area contributed by atoms with E-state index < -0.39 is 27.5 Å². The third-order valence-electron chi connectivity index (χ3n) is 1.81. The van der Waals surface area contributed by atoms with E-state index in [2.05, 4.69) is 4.98 Å². The molecule has 1 unspecified atom stereocenters. The molecule has 0 aromatic carbocycles. The van der Waals surface area contributed by atoms with Gasteiger partial charge in [0.05, 0.1) is 11.4 Å². The molecule has 0 bridgehead atoms. The molecule has 0 aliphatic carbocycles. The molecule has 1 aromatic rings. The predicted octanol–water partition coefficient (Wildman–Crippen LogP) is 0.294. The van der Waals surface area contributed by atoms with Crippen LogP contribution in [0.1, 0.15) is 11.6 Å². The van der Waals surface area contributed by atoms with Gasteiger partial charge in [-0.3, -0.25) is 9.78 Å². The van der Waals surface area contributed by atoms with Crippen LogP contribution in [0, 0.1) is 0 Å². The van der Waals surface area contributed by atoms with Crippen LogP contribution in [0.3, 0.4) is 0 Å². The number of hydrogen-bond donors (Lipinski definition) is 1. The van der Waals surface area contributed by atoms with Crippen LogP contribution in [-0.2, 0) is 14.6 Å². The third-order valence-corrected chi connectivity index (χ3v) is 2.75. The van der Waals surface area contributed by atoms with Gasteiger partial charge in [0.25, 0.3) is 0 Å². The summed E-state index contributed by atoms with van der Waals surface area (Å²) in [5, 5.41) is 8.89. The number of hydrogen-bond acceptors (Lipinski definition) is 4. The summed E-state index contributed by atoms with van der Waals surface area (Å²) in [5.41, 5.74) is 0.260. The highest BCUT2D eigenvalue weighted by Crippen LogP contribution is 2.15. The number of carboxylic acids is 1. The van der Waals surface area contributed by atoms with E-state index in [-0.39, 0.29) is 5.69 Å². The van der Waals surface area contributed by atoms with E-state index >= 15 is 0 Å². The largest absolute Gasteiger partial charge is 0.481 e. The molecule has 1 atom stereocenters. The number of pyridine rings is 1. The zero-order valence-corrected chi connectivity index (χ0v) is 8.94. The second-order valence-corrected chi connectivity index (χ2v) is 5.42. The molecule has 0 aliphatic heterocycles. The molecule has 15 heavy (non-hydrogen) atoms. The first-order chi connectivity index (χ1) is 6.90. The van der Waals surface area contributed by atoms with E-state index in [1.54, 1.807) is 12.1 Å². The van der Waals surface area contributed by atoms with Gasteiger partial charge in [-0.1, -0.05) is 6.07 Å². The Kier molecular flexibility index (Phi) is 3.41. The molecular weight excluding hydrogens is 218 g/mol. The van der Waals surface area contributed by atoms with Crippen LogP contribution in [0.4, 0.5) is 0 Å². The summed E-state index contributed by atoms with van der Waals surface area (Å²) in [6, 6.07) is 4.77. The Bertz CT molecular complexity index is 440. The van der Waals surface area contributed by atoms with Crippen molar-refractivity contribution >= 4 is 15.8 Å². The Morgan fingerprint density at radius 2 is 2.20 bits per heavy atom. The highest BCUT2D eigenvalue weighted by molar-refractivity contribution is 7.90. The molecule has 6 heteroatoms. The van der Waals surface area contributed by atoms with Crippen LogP contribution >= 0.6 is 0 Å². The smallest absolute Gasteiger partial charge is 0.313 e. The van der Waals surface area contributed by atoms with Gasteiger partial charge in [0.2, 0.25) is 0 Å². The Morgan fingerprint density at radius 3 is 2.60 bits per heavy atom. The predicted molar refractivity (Wildman–Crippen MR) is 54.3 cm³/mol. The fraction of sp³-hybridized carbons (Fsp3) is 0.333. The first kappa shape index (κ1) is 11.6. The van der Waals surface area contributed by atoms with Crippen molar-refractivity contribution in [3.05, 3.63) is 30.1 Å². The topological polar surface area (TPSA) is 84.3 Å². The van der Waals surface area contributed by atoms with Crippen LogP contribution in [0.5, 0.6) is 0 Å². The molecule has 1 rings (SSSR count). The average molecular weight is 229 g/mol. The Labute approximate surface area is 87.7 Å². The van der Waals surface area contributed by atoms with Gasteiger partial charge in [0.1, 0.15) is 15.8 Å². The van der Waals surface area contributed by atoms with E-state index in [0.717, 1.165) is 6.26 Å². The fourth-order valence-corrected chi connectivity index (χ4v) is 2.09. The van der Waals surface area contributed by atoms with Crippen molar-refractivity contribution in [3.63, 3.8) is 0 Å². The summed E-state index contributed by atoms with van der Waals surface area (Å²) in [7, 11) is -3.34. The van der Waals surface area contributed by atoms with Gasteiger partial charge in [-0.25, -0.2) is 8.42 Å². The SMILES string of the molecule is CS(=O)(=O)CC(C(=O)O)c1ccccn1. The van der Waals surface area contributed by atoms with E-state index in [1.807, 2.05) is 0 Å². The van der Waals surface area contributed by atoms with Crippen molar-refractivity contribution in [1.82, 2.24) is 4.98 Å². The quantitative estimate of drug-likeness (QED) is 0.802. The maximum atomic E-state index is 11.0. The molecule has 82 valence electrons. The third kappa shape index (κ3) is 3.67. The lowest BCUT2D eigenvalue weighted by atomic mass is 10.1. The van der Waals surface area contributed by atoms with Gasteiger partial charge in [0, 0.05) is 12.5 Å². The first-order valence-electron chi connectivity index (χ1n) is 4.21. The van der Waals surface area contributed by atoms with E-state index in [4.69, 9.17) is 5.11 Å². The minimum absolute atomic E-state index is 0.260. The number of carboxylic acid groups (broad SMARTS) is 1. The zero-order valence-electron chi connectivity index (χ0n) is 8.12. The molecule has 0 aliphatic rings. The van der Waals surface area contributed by atoms with Crippen molar-refractivity contribution < 1.29 is 18.3 Å². The summed E-state index contributed by atoms with van der Waals surface area (Å²) in [4.78, 5) is 14.7. The van der Waals surface area contributed by atoms with Crippen molar-refractivity contribution in [2.24, 2.45) is 0 Å². The summed E-state index contributed by atoms with van der Waals surface area (Å²) in [6.07, 6.45) is 2.44. The second-order valence-electron chi connectivity index (χ2n) is 3.24. The lowest BCUT2D eigenvalue weighted by Gasteiger charge is -2.09. The van der Waals surface area contributed by atoms with E-state index in [0.29, 0.717) is 0 Å². The number of sulfone groups is 1. The summed E-state index contributed by atoms with van der Waals surface area (Å²) < 4.78 is 22.1. The Morgan fingerprint density at radius 1 is 1.53 bits per heavy atom. The van der Waals surface area contributed by atoms with Crippen molar-refractivity contribution in [3.8, 4) is 0 Å². The minimum Gasteiger partial charge on any atom is -0.481 e. The lowest BCUT2D eigenvalue weighted by Crippen LogP contribution is -2.22. The number of rotatable bonds is 4. The molecule has 0 radical (unpaired) electrons. The summed E-state index contributed by atoms with van der Waals surface area (Å²) in [5.74, 6) is -2.71. The molecule has 1 aromatic heterocycles. The van der Waals surface area contributed by atoms with Gasteiger partial charge in [0.15, 0.2) is 0 Å². The van der Waals surface area contributed by atoms with Gasteiger partial charge in [-0.2, -0.15) is 0 Å². The van der Waals surface area contributed by atoms with Crippen LogP contribution in [0.15, 0.2) is 24.4 Å². The molecule has 1 N–H and O–H groups in total. The molecule has 0 saturated carbocycles. The minimum atomic E-state index is -3.34. The maximum absolute atomic E-state index is 11.0. The van der Waals surface area contributed by atoms with Crippen molar-refractivity contribution in [2.45, 2.75) is 5.92 Å². The van der Waals surface area contributed by atoms with Gasteiger partial charge < -0.3 is 5.11 Å². The van der Waals surface area contributed by atoms with Crippen molar-refractivity contribution in [2.75, 3.05) is 12.0 Å². The Hall–Kier alpha value is -1.43. The lowest BCUT2D eigenvalue weighted by molar-refractivity contribution is -0.138. The monoisotopic (exact) mass is 229 g/mol. The molecule has 5 nitrogen and oxygen atoms in total. The molecular formula is C9H11NO4S. The van der Waals surface area contributed by atoms with Crippen molar-refractivity contribution in [1.29, 1.82) is 0 Å². The second kappa shape index (κ2) is 4.39. The number of nitrogens with zero attached hydrogens (tertiary/aromatic N) is 1. The van der Waals surface area contributed by atoms with E-state index in [1.165, 1.54) is 12.3 Å². The number of carbonyl (C=O) groups is 1. The van der Waals surface area contributed by atoms with Crippen LogP contribution in [-0.4, -0.2) is 36.5 Å². The van der Waals surface area contributed by atoms with E-state index in [9.17, 15) is 13.2 Å². The van der Waals surface area contributed by atoms with Gasteiger partial charge in [-0.15, -0.1) is 0 Å². The summed E-state index contributed by atoms with van der Waals surface area (Å²) in [6.45, 7) is 0. The van der Waals surface area contributed by atoms with Crippen LogP contribution < -0.4 is 0 Å². The Balaban J connectivity index is 3.00. The standard InChI is InChI=1S/C9H11NO4S/c1-15(13,14)6-7(9(11)12)8-4-2-3-5-10-8/h2-5,7H,6H2,1H3,(H,11,12). The molecule has 0 spiro atoms. The van der Waals surface area contributed by atoms with Gasteiger partial charge in [-0.05, 0) is 12.1 Å². The maximum Gasteiger partial charge on any atom is 0.313 e. The number of aliphatic carboxylic acids is 1. The van der Waals surface area contributed by atoms with Crippen LogP contribution in [0.2, 0.25) is 0 Å². The molecule has 0 fully saturated rings. The molecule has 0 amide bonds. The van der Waals surface area contributed by atoms with Crippen LogP contribution in [0.25, 0.3) is 0 Å². The summed E-state index contributed by atoms with van der Waals surface area (Å²) >= 11 is 0.